The fourth-order valence-electron chi connectivity index (χ4n) is 0.863. The van der Waals surface area contributed by atoms with Crippen LogP contribution in [-0.2, 0) is 0 Å². The number of hydrogen-bond donors (Lipinski definition) is 2. The average Bonchev–Trinajstić information content (AvgIpc) is 2.36. The van der Waals surface area contributed by atoms with Gasteiger partial charge in [0.25, 0.3) is 0 Å². The quantitative estimate of drug-likeness (QED) is 0.457. The maximum Gasteiger partial charge on any atom is 0.132 e. The maximum absolute atomic E-state index is 7.34. The van der Waals surface area contributed by atoms with Gasteiger partial charge in [0.2, 0.25) is 0 Å². The van der Waals surface area contributed by atoms with Crippen molar-refractivity contribution in [3.05, 3.63) is 0 Å². The van der Waals surface area contributed by atoms with E-state index in [0.717, 1.165) is 0 Å². The van der Waals surface area contributed by atoms with E-state index in [2.05, 4.69) is 20.7 Å². The van der Waals surface area contributed by atoms with Crippen molar-refractivity contribution >= 4 is 23.9 Å². The van der Waals surface area contributed by atoms with E-state index in [-0.39, 0.29) is 6.04 Å². The van der Waals surface area contributed by atoms with Crippen LogP contribution >= 0.6 is 0 Å². The van der Waals surface area contributed by atoms with Gasteiger partial charge in [-0.25, -0.2) is 0 Å². The summed E-state index contributed by atoms with van der Waals surface area (Å²) in [4.78, 5) is 0. The zero-order valence-corrected chi connectivity index (χ0v) is 5.07. The summed E-state index contributed by atoms with van der Waals surface area (Å²) < 4.78 is 0. The third-order valence-electron chi connectivity index (χ3n) is 1.38. The summed E-state index contributed by atoms with van der Waals surface area (Å²) >= 11 is 0. The number of fused-ring (bicyclic) bond motifs is 1. The van der Waals surface area contributed by atoms with E-state index in [4.69, 9.17) is 5.41 Å². The molecule has 0 radical (unpaired) electrons. The molecule has 0 bridgehead atoms. The van der Waals surface area contributed by atoms with Crippen LogP contribution in [0.4, 0.5) is 0 Å². The first-order valence-electron chi connectivity index (χ1n) is 2.86. The van der Waals surface area contributed by atoms with Gasteiger partial charge in [0.1, 0.15) is 11.8 Å². The van der Waals surface area contributed by atoms with Crippen molar-refractivity contribution in [1.29, 1.82) is 5.41 Å². The Morgan fingerprint density at radius 2 is 2.40 bits per heavy atom. The number of rotatable bonds is 0. The van der Waals surface area contributed by atoms with Gasteiger partial charge in [0, 0.05) is 0 Å². The molecule has 2 aliphatic rings. The standard InChI is InChI=1S/C5H5N5/c6-3-1-7-9-4-2-8-10-5(3)4/h1-2,5-6,10H. The second-order valence-electron chi connectivity index (χ2n) is 2.05. The highest BCUT2D eigenvalue weighted by Crippen LogP contribution is 2.00. The van der Waals surface area contributed by atoms with E-state index in [0.29, 0.717) is 11.4 Å². The van der Waals surface area contributed by atoms with Crippen molar-refractivity contribution < 1.29 is 0 Å². The molecule has 1 atom stereocenters. The highest BCUT2D eigenvalue weighted by molar-refractivity contribution is 6.49. The van der Waals surface area contributed by atoms with E-state index in [1.54, 1.807) is 6.21 Å². The first-order valence-corrected chi connectivity index (χ1v) is 2.86. The predicted molar refractivity (Wildman–Crippen MR) is 39.1 cm³/mol. The molecule has 0 fully saturated rings. The van der Waals surface area contributed by atoms with Gasteiger partial charge in [-0.05, 0) is 0 Å². The summed E-state index contributed by atoms with van der Waals surface area (Å²) in [5.74, 6) is 0. The van der Waals surface area contributed by atoms with Crippen molar-refractivity contribution in [1.82, 2.24) is 5.43 Å². The molecule has 2 N–H and O–H groups in total. The van der Waals surface area contributed by atoms with Gasteiger partial charge in [-0.15, -0.1) is 0 Å². The van der Waals surface area contributed by atoms with Crippen molar-refractivity contribution in [2.75, 3.05) is 0 Å². The van der Waals surface area contributed by atoms with Crippen LogP contribution in [0.15, 0.2) is 15.3 Å². The molecular weight excluding hydrogens is 130 g/mol. The monoisotopic (exact) mass is 135 g/mol. The molecule has 1 unspecified atom stereocenters. The Labute approximate surface area is 57.0 Å². The van der Waals surface area contributed by atoms with E-state index in [9.17, 15) is 0 Å². The fourth-order valence-corrected chi connectivity index (χ4v) is 0.863. The highest BCUT2D eigenvalue weighted by Gasteiger charge is 2.24. The van der Waals surface area contributed by atoms with Gasteiger partial charge in [0.05, 0.1) is 18.1 Å². The summed E-state index contributed by atoms with van der Waals surface area (Å²) in [5.41, 5.74) is 3.85. The summed E-state index contributed by atoms with van der Waals surface area (Å²) in [5, 5.41) is 18.5. The van der Waals surface area contributed by atoms with Crippen LogP contribution in [-0.4, -0.2) is 29.9 Å². The number of nitrogens with one attached hydrogen (secondary N) is 2. The summed E-state index contributed by atoms with van der Waals surface area (Å²) in [6, 6.07) is -0.155. The smallest absolute Gasteiger partial charge is 0.132 e. The first kappa shape index (κ1) is 5.28. The first-order chi connectivity index (χ1) is 4.88. The van der Waals surface area contributed by atoms with Crippen LogP contribution in [0.5, 0.6) is 0 Å². The van der Waals surface area contributed by atoms with E-state index in [1.165, 1.54) is 6.21 Å². The van der Waals surface area contributed by atoms with Crippen molar-refractivity contribution in [3.63, 3.8) is 0 Å². The zero-order valence-electron chi connectivity index (χ0n) is 5.07. The fraction of sp³-hybridized carbons (Fsp3) is 0.200. The van der Waals surface area contributed by atoms with Crippen LogP contribution in [0.25, 0.3) is 0 Å². The highest BCUT2D eigenvalue weighted by atomic mass is 15.4. The van der Waals surface area contributed by atoms with Crippen LogP contribution in [0.1, 0.15) is 0 Å². The molecule has 0 saturated carbocycles. The lowest BCUT2D eigenvalue weighted by atomic mass is 10.1. The molecule has 0 saturated heterocycles. The molecular formula is C5H5N5. The molecule has 0 aromatic heterocycles. The lowest BCUT2D eigenvalue weighted by Gasteiger charge is -2.09. The summed E-state index contributed by atoms with van der Waals surface area (Å²) in [6.45, 7) is 0. The van der Waals surface area contributed by atoms with Gasteiger partial charge >= 0.3 is 0 Å². The Bertz CT molecular complexity index is 261. The van der Waals surface area contributed by atoms with Gasteiger partial charge in [-0.3, -0.25) is 5.43 Å². The van der Waals surface area contributed by atoms with Gasteiger partial charge < -0.3 is 5.41 Å². The van der Waals surface area contributed by atoms with E-state index < -0.39 is 0 Å². The predicted octanol–water partition coefficient (Wildman–Crippen LogP) is -0.596. The largest absolute Gasteiger partial charge is 0.301 e. The topological polar surface area (TPSA) is 73.0 Å². The molecule has 2 heterocycles. The van der Waals surface area contributed by atoms with Gasteiger partial charge in [-0.2, -0.15) is 15.3 Å². The number of hydrogen-bond acceptors (Lipinski definition) is 5. The lowest BCUT2D eigenvalue weighted by Crippen LogP contribution is -2.38. The SMILES string of the molecule is N=C1C=NN=C2C=NNC12. The van der Waals surface area contributed by atoms with E-state index in [1.807, 2.05) is 0 Å². The molecule has 0 aliphatic carbocycles. The minimum Gasteiger partial charge on any atom is -0.301 e. The van der Waals surface area contributed by atoms with Crippen LogP contribution < -0.4 is 5.43 Å². The average molecular weight is 135 g/mol. The molecule has 10 heavy (non-hydrogen) atoms. The minimum absolute atomic E-state index is 0.155. The molecule has 5 heteroatoms. The molecule has 2 rings (SSSR count). The van der Waals surface area contributed by atoms with Gasteiger partial charge in [0.15, 0.2) is 0 Å². The maximum atomic E-state index is 7.34. The van der Waals surface area contributed by atoms with Crippen LogP contribution in [0.3, 0.4) is 0 Å². The van der Waals surface area contributed by atoms with E-state index >= 15 is 0 Å². The third kappa shape index (κ3) is 0.570. The summed E-state index contributed by atoms with van der Waals surface area (Å²) in [6.07, 6.45) is 2.99. The second kappa shape index (κ2) is 1.73. The Kier molecular flexibility index (Phi) is 0.913. The molecule has 5 nitrogen and oxygen atoms in total. The molecule has 0 spiro atoms. The Balaban J connectivity index is 2.40. The Morgan fingerprint density at radius 3 is 3.20 bits per heavy atom. The molecule has 0 aromatic rings. The lowest BCUT2D eigenvalue weighted by molar-refractivity contribution is 0.803. The van der Waals surface area contributed by atoms with Gasteiger partial charge in [-0.1, -0.05) is 0 Å². The Morgan fingerprint density at radius 1 is 1.50 bits per heavy atom. The molecule has 0 aromatic carbocycles. The minimum atomic E-state index is -0.155. The van der Waals surface area contributed by atoms with Crippen molar-refractivity contribution in [2.24, 2.45) is 15.3 Å². The number of nitrogens with zero attached hydrogens (tertiary/aromatic N) is 3. The molecule has 2 aliphatic heterocycles. The molecule has 50 valence electrons. The van der Waals surface area contributed by atoms with Crippen molar-refractivity contribution in [2.45, 2.75) is 6.04 Å². The Hall–Kier alpha value is -1.52. The summed E-state index contributed by atoms with van der Waals surface area (Å²) in [7, 11) is 0. The molecule has 0 amide bonds. The zero-order chi connectivity index (χ0) is 6.97. The third-order valence-corrected chi connectivity index (χ3v) is 1.38. The van der Waals surface area contributed by atoms with Crippen molar-refractivity contribution in [3.8, 4) is 0 Å². The van der Waals surface area contributed by atoms with Crippen LogP contribution in [0, 0.1) is 5.41 Å². The number of hydrazone groups is 1. The second-order valence-corrected chi connectivity index (χ2v) is 2.05. The van der Waals surface area contributed by atoms with Crippen LogP contribution in [0.2, 0.25) is 0 Å². The normalized spacial score (nSPS) is 27.8.